The van der Waals surface area contributed by atoms with E-state index in [0.29, 0.717) is 0 Å². The highest BCUT2D eigenvalue weighted by atomic mass is 19.0. The van der Waals surface area contributed by atoms with Gasteiger partial charge in [-0.2, -0.15) is 0 Å². The molecule has 0 saturated heterocycles. The summed E-state index contributed by atoms with van der Waals surface area (Å²) in [7, 11) is 0. The molecule has 0 radical (unpaired) electrons. The fourth-order valence-corrected chi connectivity index (χ4v) is 0. The van der Waals surface area contributed by atoms with Crippen LogP contribution in [-0.2, 0) is 0 Å². The number of hydrogen-bond donors (Lipinski definition) is 1. The molecule has 0 saturated carbocycles. The van der Waals surface area contributed by atoms with E-state index in [1.54, 1.807) is 0 Å². The molecule has 0 rings (SSSR count). The van der Waals surface area contributed by atoms with Gasteiger partial charge in [0.1, 0.15) is 0 Å². The third kappa shape index (κ3) is 15.8. The van der Waals surface area contributed by atoms with E-state index in [0.717, 1.165) is 0 Å². The molecule has 4 heavy (non-hydrogen) atoms. The summed E-state index contributed by atoms with van der Waals surface area (Å²) < 4.78 is 0. The van der Waals surface area contributed by atoms with E-state index in [1.165, 1.54) is 0 Å². The maximum absolute atomic E-state index is 0. The highest BCUT2D eigenvalue weighted by Gasteiger charge is -0.267. The van der Waals surface area contributed by atoms with Gasteiger partial charge < -0.3 is 6.15 Å². The van der Waals surface area contributed by atoms with Crippen LogP contribution in [0.1, 0.15) is 1.43 Å². The number of rotatable bonds is 0. The lowest BCUT2D eigenvalue weighted by molar-refractivity contribution is 1.11. The molecule has 0 aromatic rings. The second kappa shape index (κ2) is 135. The quantitative estimate of drug-likeness (QED) is 0.455. The highest BCUT2D eigenvalue weighted by molar-refractivity contribution is 2.13. The molecule has 3 N–H and O–H groups in total. The van der Waals surface area contributed by atoms with Crippen LogP contribution in [0.15, 0.2) is 0 Å². The van der Waals surface area contributed by atoms with Crippen LogP contribution in [0, 0.1) is 0 Å². The Morgan fingerprint density at radius 1 is 0.750 bits per heavy atom. The van der Waals surface area contributed by atoms with Crippen LogP contribution in [0.4, 0.5) is 14.1 Å². The molecule has 4 heteroatoms. The first-order chi connectivity index (χ1) is 0. The van der Waals surface area contributed by atoms with E-state index < -0.39 is 0 Å². The van der Waals surface area contributed by atoms with E-state index in [4.69, 9.17) is 0 Å². The van der Waals surface area contributed by atoms with Crippen molar-refractivity contribution in [1.29, 1.82) is 0 Å². The zero-order chi connectivity index (χ0) is 0. The Balaban J connectivity index is 0. The smallest absolute Gasteiger partial charge is 0.344 e. The van der Waals surface area contributed by atoms with Gasteiger partial charge in [0, 0.05) is 0 Å². The molecule has 0 aliphatic carbocycles. The Kier molecular flexibility index (Phi) is 15300. The van der Waals surface area contributed by atoms with Crippen LogP contribution in [0.5, 0.6) is 0 Å². The summed E-state index contributed by atoms with van der Waals surface area (Å²) in [6.07, 6.45) is 0. The summed E-state index contributed by atoms with van der Waals surface area (Å²) >= 11 is 0. The lowest BCUT2D eigenvalue weighted by Gasteiger charge is -0.344. The molecule has 0 heterocycles. The SMILES string of the molecule is F.F.F.N.[H+]. The van der Waals surface area contributed by atoms with Crippen molar-refractivity contribution in [2.24, 2.45) is 0 Å². The normalized spacial score (nSPS) is 0. The molecule has 0 atom stereocenters. The standard InChI is InChI=1S/3FH.H3N/h3*1H;1H3/p+1. The zero-order valence-corrected chi connectivity index (χ0v) is 1.93. The lowest BCUT2D eigenvalue weighted by Crippen LogP contribution is -0.481. The van der Waals surface area contributed by atoms with Gasteiger partial charge in [0.15, 0.2) is 0 Å². The van der Waals surface area contributed by atoms with Gasteiger partial charge in [0.2, 0.25) is 0 Å². The predicted molar refractivity (Wildman–Crippen MR) is 13.6 cm³/mol. The van der Waals surface area contributed by atoms with Crippen molar-refractivity contribution in [3.63, 3.8) is 0 Å². The van der Waals surface area contributed by atoms with Crippen LogP contribution in [0.25, 0.3) is 0 Å². The van der Waals surface area contributed by atoms with E-state index in [2.05, 4.69) is 0 Å². The second-order valence-electron chi connectivity index (χ2n) is 0. The Morgan fingerprint density at radius 3 is 0.750 bits per heavy atom. The third-order valence-electron chi connectivity index (χ3n) is 0. The van der Waals surface area contributed by atoms with Gasteiger partial charge >= 0.3 is 1.43 Å². The molecule has 1 nitrogen and oxygen atoms in total. The molecular weight excluding hydrogens is 71.0 g/mol. The van der Waals surface area contributed by atoms with Crippen LogP contribution in [-0.4, -0.2) is 0 Å². The van der Waals surface area contributed by atoms with E-state index in [-0.39, 0.29) is 21.7 Å². The summed E-state index contributed by atoms with van der Waals surface area (Å²) in [6.45, 7) is 0. The first-order valence-electron chi connectivity index (χ1n) is 0. The summed E-state index contributed by atoms with van der Waals surface area (Å²) in [5, 5.41) is 0. The minimum absolute atomic E-state index is 0. The Labute approximate surface area is 23.2 Å². The minimum Gasteiger partial charge on any atom is -0.344 e. The summed E-state index contributed by atoms with van der Waals surface area (Å²) in [5.74, 6) is 0. The molecule has 32 valence electrons. The molecular formula is H7F3N+. The second-order valence-corrected chi connectivity index (χ2v) is 0. The molecule has 0 aromatic carbocycles. The Bertz CT molecular complexity index is 6.85. The molecule has 0 bridgehead atoms. The van der Waals surface area contributed by atoms with E-state index in [1.807, 2.05) is 0 Å². The van der Waals surface area contributed by atoms with Crippen molar-refractivity contribution in [1.82, 2.24) is 6.15 Å². The fourth-order valence-electron chi connectivity index (χ4n) is 0. The van der Waals surface area contributed by atoms with Crippen LogP contribution in [0.2, 0.25) is 0 Å². The highest BCUT2D eigenvalue weighted by Crippen LogP contribution is 0.422. The monoisotopic (exact) mass is 78.1 g/mol. The maximum Gasteiger partial charge on any atom is 1.00 e. The van der Waals surface area contributed by atoms with Crippen LogP contribution >= 0.6 is 0 Å². The molecule has 0 spiro atoms. The zero-order valence-electron chi connectivity index (χ0n) is 2.93. The van der Waals surface area contributed by atoms with Gasteiger partial charge in [-0.05, 0) is 0 Å². The van der Waals surface area contributed by atoms with Crippen molar-refractivity contribution in [2.45, 2.75) is 0 Å². The molecule has 0 aliphatic rings. The first kappa shape index (κ1) is 454. The van der Waals surface area contributed by atoms with Crippen LogP contribution < -0.4 is 6.15 Å². The average Bonchev–Trinajstić information content (AvgIpc) is 0. The minimum atomic E-state index is 0. The van der Waals surface area contributed by atoms with Gasteiger partial charge in [0.05, 0.1) is 0 Å². The van der Waals surface area contributed by atoms with Crippen molar-refractivity contribution in [3.8, 4) is 0 Å². The number of halogens is 3. The largest absolute Gasteiger partial charge is 1.00 e. The number of hydrogen-bond acceptors (Lipinski definition) is 1. The Morgan fingerprint density at radius 2 is 0.750 bits per heavy atom. The maximum atomic E-state index is 0. The first-order valence-corrected chi connectivity index (χ1v) is 0. The summed E-state index contributed by atoms with van der Waals surface area (Å²) in [4.78, 5) is 0. The molecule has 0 aliphatic heterocycles. The molecule has 0 unspecified atom stereocenters. The van der Waals surface area contributed by atoms with Crippen molar-refractivity contribution >= 4 is 0 Å². The molecule has 0 aromatic heterocycles. The van der Waals surface area contributed by atoms with Gasteiger partial charge in [-0.3, -0.25) is 14.1 Å². The van der Waals surface area contributed by atoms with Crippen molar-refractivity contribution in [2.75, 3.05) is 0 Å². The molecule has 0 fully saturated rings. The van der Waals surface area contributed by atoms with Gasteiger partial charge in [0.25, 0.3) is 0 Å². The summed E-state index contributed by atoms with van der Waals surface area (Å²) in [6, 6.07) is 0. The summed E-state index contributed by atoms with van der Waals surface area (Å²) in [5.41, 5.74) is 0. The van der Waals surface area contributed by atoms with Crippen molar-refractivity contribution < 1.29 is 15.5 Å². The van der Waals surface area contributed by atoms with E-state index >= 15 is 0 Å². The predicted octanol–water partition coefficient (Wildman–Crippen LogP) is 0.732. The van der Waals surface area contributed by atoms with Crippen LogP contribution in [0.3, 0.4) is 0 Å². The molecule has 0 amide bonds. The van der Waals surface area contributed by atoms with Gasteiger partial charge in [-0.25, -0.2) is 0 Å². The lowest BCUT2D eigenvalue weighted by atomic mass is 14.0. The van der Waals surface area contributed by atoms with E-state index in [9.17, 15) is 0 Å². The Hall–Kier alpha value is -0.250. The fraction of sp³-hybridized carbons (Fsp3) is 0. The van der Waals surface area contributed by atoms with Crippen molar-refractivity contribution in [3.05, 3.63) is 0 Å². The van der Waals surface area contributed by atoms with Gasteiger partial charge in [-0.1, -0.05) is 0 Å². The van der Waals surface area contributed by atoms with Gasteiger partial charge in [-0.15, -0.1) is 0 Å². The topological polar surface area (TPSA) is 35.0 Å². The third-order valence-corrected chi connectivity index (χ3v) is 0. The average molecular weight is 78.1 g/mol.